The number of anilines is 1. The minimum absolute atomic E-state index is 0.684. The van der Waals surface area contributed by atoms with Gasteiger partial charge in [-0.2, -0.15) is 4.98 Å². The van der Waals surface area contributed by atoms with Crippen LogP contribution in [-0.4, -0.2) is 41.9 Å². The number of thiophene rings is 1. The molecule has 3 heterocycles. The van der Waals surface area contributed by atoms with Crippen molar-refractivity contribution in [2.75, 3.05) is 31.6 Å². The molecule has 0 aliphatic carbocycles. The van der Waals surface area contributed by atoms with E-state index < -0.39 is 0 Å². The number of nitrogens with zero attached hydrogens (tertiary/aromatic N) is 3. The Kier molecular flexibility index (Phi) is 4.61. The normalized spacial score (nSPS) is 19.2. The van der Waals surface area contributed by atoms with Crippen molar-refractivity contribution in [1.82, 2.24) is 20.5 Å². The number of nitrogens with one attached hydrogen (secondary N) is 2. The molecular weight excluding hydrogens is 350 g/mol. The van der Waals surface area contributed by atoms with E-state index in [2.05, 4.69) is 54.3 Å². The van der Waals surface area contributed by atoms with E-state index in [-0.39, 0.29) is 0 Å². The molecule has 5 nitrogen and oxygen atoms in total. The summed E-state index contributed by atoms with van der Waals surface area (Å²) in [5.41, 5.74) is 1.24. The number of aromatic nitrogens is 3. The van der Waals surface area contributed by atoms with Gasteiger partial charge in [-0.25, -0.2) is 0 Å². The highest BCUT2D eigenvalue weighted by molar-refractivity contribution is 9.11. The topological polar surface area (TPSA) is 56.8 Å². The fourth-order valence-electron chi connectivity index (χ4n) is 2.78. The summed E-state index contributed by atoms with van der Waals surface area (Å²) in [6, 6.07) is 2.14. The van der Waals surface area contributed by atoms with Crippen molar-refractivity contribution in [1.29, 1.82) is 0 Å². The monoisotopic (exact) mass is 369 g/mol. The highest BCUT2D eigenvalue weighted by atomic mass is 79.9. The second-order valence-corrected chi connectivity index (χ2v) is 7.93. The Morgan fingerprint density at radius 1 is 1.57 bits per heavy atom. The molecule has 7 heteroatoms. The second kappa shape index (κ2) is 6.46. The molecule has 3 rings (SSSR count). The van der Waals surface area contributed by atoms with Gasteiger partial charge in [-0.05, 0) is 66.8 Å². The standard InChI is InChI=1S/C14H20BrN5S/c1-9-6-11(21-12(9)15)13-17-14(19-18-13)20-5-3-4-10(8-20)7-16-2/h6,10,16H,3-5,7-8H2,1-2H3,(H,17,18,19). The average Bonchev–Trinajstić information content (AvgIpc) is 3.08. The predicted octanol–water partition coefficient (Wildman–Crippen LogP) is 3.04. The van der Waals surface area contributed by atoms with E-state index in [0.717, 1.165) is 40.1 Å². The third-order valence-electron chi connectivity index (χ3n) is 3.86. The first-order valence-corrected chi connectivity index (χ1v) is 8.86. The summed E-state index contributed by atoms with van der Waals surface area (Å²) in [6.45, 7) is 5.23. The van der Waals surface area contributed by atoms with Gasteiger partial charge in [0.1, 0.15) is 0 Å². The lowest BCUT2D eigenvalue weighted by Gasteiger charge is -2.31. The third-order valence-corrected chi connectivity index (χ3v) is 6.00. The summed E-state index contributed by atoms with van der Waals surface area (Å²) < 4.78 is 1.16. The van der Waals surface area contributed by atoms with Gasteiger partial charge in [0.15, 0.2) is 5.82 Å². The first-order valence-electron chi connectivity index (χ1n) is 7.25. The molecule has 0 amide bonds. The van der Waals surface area contributed by atoms with Gasteiger partial charge in [-0.3, -0.25) is 5.10 Å². The van der Waals surface area contributed by atoms with Crippen molar-refractivity contribution >= 4 is 33.2 Å². The number of hydrogen-bond donors (Lipinski definition) is 2. The fraction of sp³-hybridized carbons (Fsp3) is 0.571. The lowest BCUT2D eigenvalue weighted by Crippen LogP contribution is -2.39. The Balaban J connectivity index is 1.75. The summed E-state index contributed by atoms with van der Waals surface area (Å²) in [5.74, 6) is 2.37. The van der Waals surface area contributed by atoms with Gasteiger partial charge in [0.05, 0.1) is 8.66 Å². The molecule has 1 unspecified atom stereocenters. The predicted molar refractivity (Wildman–Crippen MR) is 91.0 cm³/mol. The first kappa shape index (κ1) is 15.0. The van der Waals surface area contributed by atoms with Gasteiger partial charge in [0, 0.05) is 13.1 Å². The van der Waals surface area contributed by atoms with Crippen LogP contribution in [0.2, 0.25) is 0 Å². The molecule has 2 aromatic heterocycles. The number of hydrogen-bond acceptors (Lipinski definition) is 5. The molecule has 0 saturated carbocycles. The zero-order chi connectivity index (χ0) is 14.8. The second-order valence-electron chi connectivity index (χ2n) is 5.56. The molecule has 2 N–H and O–H groups in total. The van der Waals surface area contributed by atoms with Crippen molar-refractivity contribution in [2.45, 2.75) is 19.8 Å². The molecule has 1 saturated heterocycles. The number of rotatable bonds is 4. The van der Waals surface area contributed by atoms with Gasteiger partial charge in [-0.1, -0.05) is 0 Å². The van der Waals surface area contributed by atoms with Crippen molar-refractivity contribution in [3.63, 3.8) is 0 Å². The maximum Gasteiger partial charge on any atom is 0.245 e. The Bertz CT molecular complexity index is 587. The zero-order valence-electron chi connectivity index (χ0n) is 12.3. The minimum Gasteiger partial charge on any atom is -0.339 e. The molecule has 0 aromatic carbocycles. The van der Waals surface area contributed by atoms with E-state index in [1.165, 1.54) is 18.4 Å². The largest absolute Gasteiger partial charge is 0.339 e. The van der Waals surface area contributed by atoms with Crippen molar-refractivity contribution in [3.05, 3.63) is 15.4 Å². The molecule has 1 aliphatic heterocycles. The Labute approximate surface area is 137 Å². The first-order chi connectivity index (χ1) is 10.2. The lowest BCUT2D eigenvalue weighted by molar-refractivity contribution is 0.399. The molecule has 0 spiro atoms. The van der Waals surface area contributed by atoms with Gasteiger partial charge < -0.3 is 10.2 Å². The molecular formula is C14H20BrN5S. The van der Waals surface area contributed by atoms with Crippen LogP contribution in [0.4, 0.5) is 5.95 Å². The summed E-state index contributed by atoms with van der Waals surface area (Å²) >= 11 is 5.25. The van der Waals surface area contributed by atoms with Gasteiger partial charge >= 0.3 is 0 Å². The molecule has 21 heavy (non-hydrogen) atoms. The van der Waals surface area contributed by atoms with Gasteiger partial charge in [0.25, 0.3) is 0 Å². The number of aromatic amines is 1. The highest BCUT2D eigenvalue weighted by Crippen LogP contribution is 2.33. The van der Waals surface area contributed by atoms with Crippen molar-refractivity contribution in [2.24, 2.45) is 5.92 Å². The van der Waals surface area contributed by atoms with Crippen LogP contribution in [-0.2, 0) is 0 Å². The number of aryl methyl sites for hydroxylation is 1. The molecule has 2 aromatic rings. The smallest absolute Gasteiger partial charge is 0.245 e. The van der Waals surface area contributed by atoms with Crippen molar-refractivity contribution < 1.29 is 0 Å². The average molecular weight is 370 g/mol. The summed E-state index contributed by atoms with van der Waals surface area (Å²) in [4.78, 5) is 8.10. The van der Waals surface area contributed by atoms with Crippen LogP contribution in [0.15, 0.2) is 9.85 Å². The van der Waals surface area contributed by atoms with Crippen molar-refractivity contribution in [3.8, 4) is 10.7 Å². The quantitative estimate of drug-likeness (QED) is 0.869. The highest BCUT2D eigenvalue weighted by Gasteiger charge is 2.22. The third kappa shape index (κ3) is 3.30. The van der Waals surface area contributed by atoms with Crippen LogP contribution in [0.5, 0.6) is 0 Å². The van der Waals surface area contributed by atoms with E-state index >= 15 is 0 Å². The van der Waals surface area contributed by atoms with E-state index in [1.807, 2.05) is 7.05 Å². The summed E-state index contributed by atoms with van der Waals surface area (Å²) in [6.07, 6.45) is 2.49. The van der Waals surface area contributed by atoms with Crippen LogP contribution >= 0.6 is 27.3 Å². The Morgan fingerprint density at radius 3 is 3.14 bits per heavy atom. The van der Waals surface area contributed by atoms with Crippen LogP contribution < -0.4 is 10.2 Å². The summed E-state index contributed by atoms with van der Waals surface area (Å²) in [5, 5.41) is 10.8. The van der Waals surface area contributed by atoms with Crippen LogP contribution in [0.3, 0.4) is 0 Å². The Hall–Kier alpha value is -0.920. The molecule has 1 atom stereocenters. The lowest BCUT2D eigenvalue weighted by atomic mass is 9.98. The molecule has 1 aliphatic rings. The van der Waals surface area contributed by atoms with E-state index in [0.29, 0.717) is 5.92 Å². The van der Waals surface area contributed by atoms with Crippen LogP contribution in [0.1, 0.15) is 18.4 Å². The maximum atomic E-state index is 4.68. The van der Waals surface area contributed by atoms with Gasteiger partial charge in [0.2, 0.25) is 5.95 Å². The van der Waals surface area contributed by atoms with Gasteiger partial charge in [-0.15, -0.1) is 16.4 Å². The van der Waals surface area contributed by atoms with E-state index in [1.54, 1.807) is 11.3 Å². The molecule has 0 bridgehead atoms. The number of H-pyrrole nitrogens is 1. The minimum atomic E-state index is 0.684. The molecule has 114 valence electrons. The van der Waals surface area contributed by atoms with E-state index in [4.69, 9.17) is 0 Å². The van der Waals surface area contributed by atoms with Crippen LogP contribution in [0, 0.1) is 12.8 Å². The SMILES string of the molecule is CNCC1CCCN(c2n[nH]c(-c3cc(C)c(Br)s3)n2)C1. The van der Waals surface area contributed by atoms with Crippen LogP contribution in [0.25, 0.3) is 10.7 Å². The number of piperidine rings is 1. The maximum absolute atomic E-state index is 4.68. The zero-order valence-corrected chi connectivity index (χ0v) is 14.7. The Morgan fingerprint density at radius 2 is 2.43 bits per heavy atom. The number of halogens is 1. The fourth-order valence-corrected chi connectivity index (χ4v) is 4.26. The van der Waals surface area contributed by atoms with E-state index in [9.17, 15) is 0 Å². The summed E-state index contributed by atoms with van der Waals surface area (Å²) in [7, 11) is 2.01. The molecule has 1 fully saturated rings. The molecule has 0 radical (unpaired) electrons.